The second kappa shape index (κ2) is 6.48. The summed E-state index contributed by atoms with van der Waals surface area (Å²) >= 11 is 1.72. The Labute approximate surface area is 142 Å². The van der Waals surface area contributed by atoms with Gasteiger partial charge in [0.05, 0.1) is 5.69 Å². The highest BCUT2D eigenvalue weighted by Gasteiger charge is 2.24. The van der Waals surface area contributed by atoms with Gasteiger partial charge in [0.2, 0.25) is 5.78 Å². The Morgan fingerprint density at radius 1 is 1.26 bits per heavy atom. The van der Waals surface area contributed by atoms with E-state index in [9.17, 15) is 4.79 Å². The summed E-state index contributed by atoms with van der Waals surface area (Å²) in [4.78, 5) is 14.6. The molecule has 2 aromatic rings. The van der Waals surface area contributed by atoms with Crippen LogP contribution in [0.2, 0.25) is 0 Å². The van der Waals surface area contributed by atoms with Crippen LogP contribution in [0.5, 0.6) is 0 Å². The summed E-state index contributed by atoms with van der Waals surface area (Å²) in [5.74, 6) is 0.200. The van der Waals surface area contributed by atoms with Gasteiger partial charge in [-0.05, 0) is 76.5 Å². The van der Waals surface area contributed by atoms with Crippen molar-refractivity contribution in [1.29, 1.82) is 0 Å². The fourth-order valence-corrected chi connectivity index (χ4v) is 4.63. The standard InChI is InChI=1S/C20H25NOS/c1-5-21-17(12-15-10-11-23-20(15)21)19(22)18(13(2)3)16-9-7-6-8-14(16)4/h10-12H,5-9H2,1-4H3. The number of hydrogen-bond acceptors (Lipinski definition) is 2. The first-order chi connectivity index (χ1) is 11.0. The van der Waals surface area contributed by atoms with Gasteiger partial charge in [0.15, 0.2) is 0 Å². The molecule has 3 rings (SSSR count). The van der Waals surface area contributed by atoms with Crippen molar-refractivity contribution < 1.29 is 4.79 Å². The third-order valence-corrected chi connectivity index (χ3v) is 5.78. The second-order valence-corrected chi connectivity index (χ2v) is 7.52. The van der Waals surface area contributed by atoms with Gasteiger partial charge in [-0.1, -0.05) is 11.1 Å². The van der Waals surface area contributed by atoms with E-state index in [1.165, 1.54) is 34.2 Å². The molecule has 2 heterocycles. The molecule has 0 aromatic carbocycles. The van der Waals surface area contributed by atoms with Crippen LogP contribution < -0.4 is 0 Å². The van der Waals surface area contributed by atoms with Crippen molar-refractivity contribution >= 4 is 27.3 Å². The third-order valence-electron chi connectivity index (χ3n) is 4.82. The van der Waals surface area contributed by atoms with Gasteiger partial charge in [0.1, 0.15) is 4.83 Å². The Morgan fingerprint density at radius 3 is 2.65 bits per heavy atom. The number of ketones is 1. The smallest absolute Gasteiger partial charge is 0.209 e. The van der Waals surface area contributed by atoms with Crippen LogP contribution in [-0.4, -0.2) is 10.4 Å². The molecule has 0 spiro atoms. The molecule has 0 atom stereocenters. The van der Waals surface area contributed by atoms with Gasteiger partial charge >= 0.3 is 0 Å². The van der Waals surface area contributed by atoms with Crippen LogP contribution in [0.15, 0.2) is 39.8 Å². The summed E-state index contributed by atoms with van der Waals surface area (Å²) in [6.07, 6.45) is 4.61. The SMILES string of the molecule is CCn1c(C(=O)C(=C(C)C)C2=C(C)CCCC2)cc2ccsc21. The zero-order valence-electron chi connectivity index (χ0n) is 14.5. The number of Topliss-reactive ketones (excluding diaryl/α,β-unsaturated/α-hetero) is 1. The molecule has 2 aromatic heterocycles. The monoisotopic (exact) mass is 327 g/mol. The molecule has 0 N–H and O–H groups in total. The Morgan fingerprint density at radius 2 is 2.00 bits per heavy atom. The van der Waals surface area contributed by atoms with E-state index in [1.807, 2.05) is 0 Å². The van der Waals surface area contributed by atoms with Crippen molar-refractivity contribution in [1.82, 2.24) is 4.57 Å². The van der Waals surface area contributed by atoms with E-state index in [2.05, 4.69) is 49.8 Å². The number of rotatable bonds is 4. The number of fused-ring (bicyclic) bond motifs is 1. The van der Waals surface area contributed by atoms with Gasteiger partial charge in [-0.2, -0.15) is 0 Å². The zero-order chi connectivity index (χ0) is 16.6. The number of hydrogen-bond donors (Lipinski definition) is 0. The fraction of sp³-hybridized carbons (Fsp3) is 0.450. The van der Waals surface area contributed by atoms with Crippen molar-refractivity contribution in [3.8, 4) is 0 Å². The predicted octanol–water partition coefficient (Wildman–Crippen LogP) is 6.13. The van der Waals surface area contributed by atoms with Crippen LogP contribution in [0.25, 0.3) is 10.2 Å². The molecular weight excluding hydrogens is 302 g/mol. The van der Waals surface area contributed by atoms with E-state index in [0.717, 1.165) is 36.2 Å². The van der Waals surface area contributed by atoms with Gasteiger partial charge in [0.25, 0.3) is 0 Å². The quantitative estimate of drug-likeness (QED) is 0.489. The molecule has 2 nitrogen and oxygen atoms in total. The van der Waals surface area contributed by atoms with Crippen molar-refractivity contribution in [2.45, 2.75) is 59.9 Å². The molecule has 0 saturated carbocycles. The summed E-state index contributed by atoms with van der Waals surface area (Å²) in [6.45, 7) is 9.29. The maximum atomic E-state index is 13.4. The molecule has 1 aliphatic carbocycles. The minimum Gasteiger partial charge on any atom is -0.330 e. The van der Waals surface area contributed by atoms with E-state index >= 15 is 0 Å². The highest BCUT2D eigenvalue weighted by Crippen LogP contribution is 2.34. The average molecular weight is 327 g/mol. The van der Waals surface area contributed by atoms with Crippen LogP contribution >= 0.6 is 11.3 Å². The first-order valence-electron chi connectivity index (χ1n) is 8.52. The molecule has 122 valence electrons. The number of aromatic nitrogens is 1. The molecule has 0 fully saturated rings. The van der Waals surface area contributed by atoms with Crippen molar-refractivity contribution in [3.63, 3.8) is 0 Å². The normalized spacial score (nSPS) is 15.3. The predicted molar refractivity (Wildman–Crippen MR) is 99.4 cm³/mol. The Hall–Kier alpha value is -1.61. The van der Waals surface area contributed by atoms with Gasteiger partial charge in [-0.3, -0.25) is 4.79 Å². The lowest BCUT2D eigenvalue weighted by Gasteiger charge is -2.21. The van der Waals surface area contributed by atoms with Crippen molar-refractivity contribution in [3.05, 3.63) is 45.5 Å². The molecule has 0 saturated heterocycles. The summed E-state index contributed by atoms with van der Waals surface area (Å²) < 4.78 is 2.17. The maximum absolute atomic E-state index is 13.4. The lowest BCUT2D eigenvalue weighted by Crippen LogP contribution is -2.15. The summed E-state index contributed by atoms with van der Waals surface area (Å²) in [5, 5.41) is 3.28. The van der Waals surface area contributed by atoms with E-state index in [4.69, 9.17) is 0 Å². The Balaban J connectivity index is 2.12. The minimum absolute atomic E-state index is 0.200. The number of thiophene rings is 1. The molecule has 23 heavy (non-hydrogen) atoms. The minimum atomic E-state index is 0.200. The topological polar surface area (TPSA) is 22.0 Å². The Kier molecular flexibility index (Phi) is 4.58. The molecule has 0 radical (unpaired) electrons. The first-order valence-corrected chi connectivity index (χ1v) is 9.40. The zero-order valence-corrected chi connectivity index (χ0v) is 15.3. The second-order valence-electron chi connectivity index (χ2n) is 6.63. The third kappa shape index (κ3) is 2.83. The maximum Gasteiger partial charge on any atom is 0.209 e. The van der Waals surface area contributed by atoms with Crippen LogP contribution in [-0.2, 0) is 6.54 Å². The van der Waals surface area contributed by atoms with E-state index in [-0.39, 0.29) is 5.78 Å². The van der Waals surface area contributed by atoms with Crippen LogP contribution in [0.4, 0.5) is 0 Å². The van der Waals surface area contributed by atoms with Gasteiger partial charge in [-0.25, -0.2) is 0 Å². The van der Waals surface area contributed by atoms with Gasteiger partial charge in [-0.15, -0.1) is 11.3 Å². The number of carbonyl (C=O) groups excluding carboxylic acids is 1. The molecular formula is C20H25NOS. The molecule has 0 unspecified atom stereocenters. The van der Waals surface area contributed by atoms with Crippen LogP contribution in [0, 0.1) is 0 Å². The number of carbonyl (C=O) groups is 1. The average Bonchev–Trinajstić information content (AvgIpc) is 3.09. The number of nitrogens with zero attached hydrogens (tertiary/aromatic N) is 1. The van der Waals surface area contributed by atoms with Gasteiger partial charge in [0, 0.05) is 17.5 Å². The molecule has 0 aliphatic heterocycles. The lowest BCUT2D eigenvalue weighted by atomic mass is 9.84. The fourth-order valence-electron chi connectivity index (χ4n) is 3.67. The van der Waals surface area contributed by atoms with Gasteiger partial charge < -0.3 is 4.57 Å². The van der Waals surface area contributed by atoms with Crippen molar-refractivity contribution in [2.75, 3.05) is 0 Å². The Bertz CT molecular complexity index is 812. The van der Waals surface area contributed by atoms with E-state index < -0.39 is 0 Å². The summed E-state index contributed by atoms with van der Waals surface area (Å²) in [5.41, 5.74) is 5.64. The highest BCUT2D eigenvalue weighted by atomic mass is 32.1. The number of allylic oxidation sites excluding steroid dienone is 4. The number of aryl methyl sites for hydroxylation is 1. The van der Waals surface area contributed by atoms with Crippen molar-refractivity contribution in [2.24, 2.45) is 0 Å². The van der Waals surface area contributed by atoms with Crippen LogP contribution in [0.3, 0.4) is 0 Å². The summed E-state index contributed by atoms with van der Waals surface area (Å²) in [7, 11) is 0. The molecule has 0 bridgehead atoms. The van der Waals surface area contributed by atoms with E-state index in [0.29, 0.717) is 0 Å². The molecule has 3 heteroatoms. The summed E-state index contributed by atoms with van der Waals surface area (Å²) in [6, 6.07) is 4.18. The van der Waals surface area contributed by atoms with E-state index in [1.54, 1.807) is 11.3 Å². The molecule has 1 aliphatic rings. The molecule has 0 amide bonds. The highest BCUT2D eigenvalue weighted by molar-refractivity contribution is 7.16. The first kappa shape index (κ1) is 16.3. The largest absolute Gasteiger partial charge is 0.330 e. The van der Waals surface area contributed by atoms with Crippen LogP contribution in [0.1, 0.15) is 63.9 Å². The lowest BCUT2D eigenvalue weighted by molar-refractivity contribution is 0.102.